The minimum atomic E-state index is -4.36. The molecule has 23 heavy (non-hydrogen) atoms. The first-order valence-corrected chi connectivity index (χ1v) is 6.75. The zero-order chi connectivity index (χ0) is 16.6. The Hall–Kier alpha value is -2.63. The third kappa shape index (κ3) is 2.72. The Morgan fingerprint density at radius 2 is 1.65 bits per heavy atom. The van der Waals surface area contributed by atoms with Crippen molar-refractivity contribution in [2.45, 2.75) is 6.18 Å². The zero-order valence-corrected chi connectivity index (χ0v) is 12.4. The van der Waals surface area contributed by atoms with Crippen molar-refractivity contribution < 1.29 is 27.1 Å². The molecule has 1 aromatic heterocycles. The lowest BCUT2D eigenvalue weighted by Crippen LogP contribution is -2.03. The monoisotopic (exact) mass is 322 g/mol. The smallest absolute Gasteiger partial charge is 0.416 e. The third-order valence-electron chi connectivity index (χ3n) is 3.59. The Morgan fingerprint density at radius 1 is 0.957 bits per heavy atom. The number of hydrogen-bond donors (Lipinski definition) is 0. The van der Waals surface area contributed by atoms with Crippen LogP contribution in [0.5, 0.6) is 11.5 Å². The quantitative estimate of drug-likeness (QED) is 0.669. The molecule has 3 aromatic rings. The molecule has 0 amide bonds. The van der Waals surface area contributed by atoms with Gasteiger partial charge in [0.15, 0.2) is 0 Å². The molecule has 3 rings (SSSR count). The molecule has 0 bridgehead atoms. The molecule has 3 nitrogen and oxygen atoms in total. The Kier molecular flexibility index (Phi) is 3.67. The van der Waals surface area contributed by atoms with Gasteiger partial charge in [-0.3, -0.25) is 0 Å². The molecular weight excluding hydrogens is 309 g/mol. The van der Waals surface area contributed by atoms with Crippen molar-refractivity contribution in [1.29, 1.82) is 0 Å². The molecule has 0 atom stereocenters. The van der Waals surface area contributed by atoms with Crippen LogP contribution in [0.3, 0.4) is 0 Å². The number of benzene rings is 2. The van der Waals surface area contributed by atoms with Gasteiger partial charge in [0.25, 0.3) is 0 Å². The van der Waals surface area contributed by atoms with Gasteiger partial charge in [-0.25, -0.2) is 0 Å². The van der Waals surface area contributed by atoms with Crippen LogP contribution in [0.4, 0.5) is 13.2 Å². The van der Waals surface area contributed by atoms with E-state index in [0.717, 1.165) is 12.1 Å². The highest BCUT2D eigenvalue weighted by molar-refractivity contribution is 5.99. The van der Waals surface area contributed by atoms with Crippen LogP contribution >= 0.6 is 0 Å². The van der Waals surface area contributed by atoms with E-state index in [0.29, 0.717) is 33.6 Å². The van der Waals surface area contributed by atoms with Crippen molar-refractivity contribution >= 4 is 11.0 Å². The number of ether oxygens (including phenoxy) is 2. The summed E-state index contributed by atoms with van der Waals surface area (Å²) in [4.78, 5) is 0. The average Bonchev–Trinajstić information content (AvgIpc) is 2.97. The first-order chi connectivity index (χ1) is 10.9. The number of hydrogen-bond acceptors (Lipinski definition) is 3. The summed E-state index contributed by atoms with van der Waals surface area (Å²) in [5.74, 6) is 1.10. The number of rotatable bonds is 3. The highest BCUT2D eigenvalue weighted by Gasteiger charge is 2.30. The molecule has 0 fully saturated rings. The first kappa shape index (κ1) is 15.3. The summed E-state index contributed by atoms with van der Waals surface area (Å²) in [7, 11) is 3.04. The van der Waals surface area contributed by atoms with E-state index in [9.17, 15) is 13.2 Å². The fraction of sp³-hybridized carbons (Fsp3) is 0.176. The lowest BCUT2D eigenvalue weighted by atomic mass is 10.0. The van der Waals surface area contributed by atoms with Crippen LogP contribution in [0.25, 0.3) is 22.1 Å². The number of alkyl halides is 3. The fourth-order valence-electron chi connectivity index (χ4n) is 2.44. The van der Waals surface area contributed by atoms with Gasteiger partial charge in [-0.05, 0) is 17.7 Å². The van der Waals surface area contributed by atoms with Gasteiger partial charge in [0, 0.05) is 17.7 Å². The maximum absolute atomic E-state index is 12.7. The second-order valence-corrected chi connectivity index (χ2v) is 4.93. The van der Waals surface area contributed by atoms with E-state index >= 15 is 0 Å². The summed E-state index contributed by atoms with van der Waals surface area (Å²) in [5.41, 5.74) is 1.12. The van der Waals surface area contributed by atoms with Crippen molar-refractivity contribution in [3.63, 3.8) is 0 Å². The Labute approximate surface area is 130 Å². The topological polar surface area (TPSA) is 31.6 Å². The van der Waals surface area contributed by atoms with E-state index in [-0.39, 0.29) is 0 Å². The summed E-state index contributed by atoms with van der Waals surface area (Å²) in [5, 5.41) is 0.688. The van der Waals surface area contributed by atoms with Gasteiger partial charge in [-0.15, -0.1) is 0 Å². The first-order valence-electron chi connectivity index (χ1n) is 6.75. The summed E-state index contributed by atoms with van der Waals surface area (Å²) >= 11 is 0. The molecule has 6 heteroatoms. The molecule has 0 radical (unpaired) electrons. The van der Waals surface area contributed by atoms with Crippen molar-refractivity contribution in [3.8, 4) is 22.6 Å². The lowest BCUT2D eigenvalue weighted by Gasteiger charge is -2.09. The molecule has 0 saturated carbocycles. The second-order valence-electron chi connectivity index (χ2n) is 4.93. The molecule has 2 aromatic carbocycles. The molecule has 0 N–H and O–H groups in total. The largest absolute Gasteiger partial charge is 0.496 e. The molecule has 0 spiro atoms. The van der Waals surface area contributed by atoms with Gasteiger partial charge in [-0.1, -0.05) is 12.1 Å². The Balaban J connectivity index is 2.13. The van der Waals surface area contributed by atoms with Gasteiger partial charge in [-0.2, -0.15) is 13.2 Å². The van der Waals surface area contributed by atoms with Crippen LogP contribution in [0.2, 0.25) is 0 Å². The third-order valence-corrected chi connectivity index (χ3v) is 3.59. The van der Waals surface area contributed by atoms with Gasteiger partial charge in [0.2, 0.25) is 0 Å². The predicted molar refractivity (Wildman–Crippen MR) is 79.8 cm³/mol. The van der Waals surface area contributed by atoms with Crippen LogP contribution < -0.4 is 9.47 Å². The van der Waals surface area contributed by atoms with Gasteiger partial charge < -0.3 is 13.9 Å². The minimum absolute atomic E-state index is 0.531. The van der Waals surface area contributed by atoms with Crippen LogP contribution in [-0.2, 0) is 6.18 Å². The lowest BCUT2D eigenvalue weighted by molar-refractivity contribution is -0.137. The summed E-state index contributed by atoms with van der Waals surface area (Å²) in [6.45, 7) is 0. The van der Waals surface area contributed by atoms with E-state index in [2.05, 4.69) is 0 Å². The maximum Gasteiger partial charge on any atom is 0.416 e. The number of methoxy groups -OCH3 is 2. The van der Waals surface area contributed by atoms with Crippen molar-refractivity contribution in [3.05, 3.63) is 48.2 Å². The van der Waals surface area contributed by atoms with Crippen molar-refractivity contribution in [1.82, 2.24) is 0 Å². The number of halogens is 3. The Morgan fingerprint density at radius 3 is 2.22 bits per heavy atom. The molecule has 0 unspecified atom stereocenters. The number of furan rings is 1. The maximum atomic E-state index is 12.7. The SMILES string of the molecule is COc1cc(OC)c2c(-c3ccc(C(F)(F)F)cc3)coc2c1. The molecule has 1 heterocycles. The van der Waals surface area contributed by atoms with Crippen LogP contribution in [-0.4, -0.2) is 14.2 Å². The van der Waals surface area contributed by atoms with Crippen molar-refractivity contribution in [2.75, 3.05) is 14.2 Å². The van der Waals surface area contributed by atoms with E-state index < -0.39 is 11.7 Å². The second kappa shape index (κ2) is 5.53. The van der Waals surface area contributed by atoms with Crippen LogP contribution in [0.1, 0.15) is 5.56 Å². The highest BCUT2D eigenvalue weighted by Crippen LogP contribution is 2.40. The summed E-state index contributed by atoms with van der Waals surface area (Å²) in [6, 6.07) is 8.32. The number of fused-ring (bicyclic) bond motifs is 1. The molecule has 0 aliphatic carbocycles. The zero-order valence-electron chi connectivity index (χ0n) is 12.4. The van der Waals surface area contributed by atoms with Crippen LogP contribution in [0.15, 0.2) is 47.1 Å². The predicted octanol–water partition coefficient (Wildman–Crippen LogP) is 5.14. The molecule has 120 valence electrons. The standard InChI is InChI=1S/C17H13F3O3/c1-21-12-7-14(22-2)16-13(9-23-15(16)8-12)10-3-5-11(6-4-10)17(18,19)20/h3-9H,1-2H3. The minimum Gasteiger partial charge on any atom is -0.496 e. The van der Waals surface area contributed by atoms with E-state index in [1.54, 1.807) is 12.1 Å². The van der Waals surface area contributed by atoms with Gasteiger partial charge in [0.1, 0.15) is 17.1 Å². The summed E-state index contributed by atoms with van der Waals surface area (Å²) in [6.07, 6.45) is -2.86. The van der Waals surface area contributed by atoms with Crippen LogP contribution in [0, 0.1) is 0 Å². The molecule has 0 saturated heterocycles. The molecule has 0 aliphatic heterocycles. The van der Waals surface area contributed by atoms with Gasteiger partial charge in [0.05, 0.1) is 31.4 Å². The highest BCUT2D eigenvalue weighted by atomic mass is 19.4. The Bertz CT molecular complexity index is 833. The van der Waals surface area contributed by atoms with E-state index in [4.69, 9.17) is 13.9 Å². The fourth-order valence-corrected chi connectivity index (χ4v) is 2.44. The van der Waals surface area contributed by atoms with E-state index in [1.165, 1.54) is 32.6 Å². The van der Waals surface area contributed by atoms with E-state index in [1.807, 2.05) is 0 Å². The van der Waals surface area contributed by atoms with Gasteiger partial charge >= 0.3 is 6.18 Å². The van der Waals surface area contributed by atoms with Crippen molar-refractivity contribution in [2.24, 2.45) is 0 Å². The molecule has 0 aliphatic rings. The average molecular weight is 322 g/mol. The normalized spacial score (nSPS) is 11.7. The summed E-state index contributed by atoms with van der Waals surface area (Å²) < 4.78 is 54.0. The molecular formula is C17H13F3O3.